The Labute approximate surface area is 71.4 Å². The third kappa shape index (κ3) is 1.94. The summed E-state index contributed by atoms with van der Waals surface area (Å²) in [6, 6.07) is -0.187. The molecule has 1 rings (SSSR count). The molecule has 0 aromatic carbocycles. The summed E-state index contributed by atoms with van der Waals surface area (Å²) in [6.07, 6.45) is -2.81. The van der Waals surface area contributed by atoms with E-state index in [1.165, 1.54) is 0 Å². The molecular weight excluding hydrogens is 160 g/mol. The second kappa shape index (κ2) is 4.15. The van der Waals surface area contributed by atoms with Gasteiger partial charge in [0.25, 0.3) is 0 Å². The average Bonchev–Trinajstić information content (AvgIpc) is 2.07. The third-order valence-electron chi connectivity index (χ3n) is 2.17. The zero-order valence-corrected chi connectivity index (χ0v) is 7.07. The van der Waals surface area contributed by atoms with Crippen LogP contribution in [0.3, 0.4) is 0 Å². The lowest BCUT2D eigenvalue weighted by molar-refractivity contribution is -0.0932. The molecule has 5 heteroatoms. The Kier molecular flexibility index (Phi) is 3.42. The van der Waals surface area contributed by atoms with Crippen molar-refractivity contribution in [3.05, 3.63) is 0 Å². The Bertz CT molecular complexity index is 145. The molecule has 5 N–H and O–H groups in total. The van der Waals surface area contributed by atoms with Gasteiger partial charge in [-0.1, -0.05) is 0 Å². The van der Waals surface area contributed by atoms with Crippen LogP contribution in [0.4, 0.5) is 0 Å². The monoisotopic (exact) mass is 176 g/mol. The van der Waals surface area contributed by atoms with Crippen LogP contribution in [0.5, 0.6) is 0 Å². The van der Waals surface area contributed by atoms with Crippen molar-refractivity contribution in [1.29, 1.82) is 0 Å². The molecule has 0 saturated carbocycles. The first-order valence-electron chi connectivity index (χ1n) is 4.09. The van der Waals surface area contributed by atoms with Crippen molar-refractivity contribution in [2.75, 3.05) is 20.1 Å². The second-order valence-electron chi connectivity index (χ2n) is 3.12. The van der Waals surface area contributed by atoms with Crippen LogP contribution in [0.2, 0.25) is 0 Å². The molecule has 1 saturated heterocycles. The molecule has 4 atom stereocenters. The summed E-state index contributed by atoms with van der Waals surface area (Å²) < 4.78 is 0. The fraction of sp³-hybridized carbons (Fsp3) is 1.00. The molecule has 0 spiro atoms. The lowest BCUT2D eigenvalue weighted by Gasteiger charge is -2.35. The maximum absolute atomic E-state index is 9.43. The quantitative estimate of drug-likeness (QED) is 0.315. The Balaban J connectivity index is 2.46. The van der Waals surface area contributed by atoms with E-state index in [2.05, 4.69) is 10.6 Å². The standard InChI is InChI=1S/C7H16N2O3/c1-8-2-4-6(11)7(12)5(10)3-9-4/h4-12H,2-3H2,1H3/t4?,5-,6-,7-/m1/s1. The molecule has 0 radical (unpaired) electrons. The van der Waals surface area contributed by atoms with E-state index in [9.17, 15) is 10.2 Å². The average molecular weight is 176 g/mol. The number of aliphatic hydroxyl groups is 3. The zero-order valence-electron chi connectivity index (χ0n) is 7.07. The molecule has 1 fully saturated rings. The molecular formula is C7H16N2O3. The highest BCUT2D eigenvalue weighted by Crippen LogP contribution is 2.09. The van der Waals surface area contributed by atoms with Gasteiger partial charge in [-0.25, -0.2) is 0 Å². The topological polar surface area (TPSA) is 84.8 Å². The number of aliphatic hydroxyl groups excluding tert-OH is 3. The molecule has 0 amide bonds. The van der Waals surface area contributed by atoms with Crippen LogP contribution in [0, 0.1) is 0 Å². The SMILES string of the molecule is CNCC1NC[C@@H](O)[C@@H](O)[C@@H]1O. The predicted molar refractivity (Wildman–Crippen MR) is 43.7 cm³/mol. The molecule has 0 aliphatic carbocycles. The van der Waals surface area contributed by atoms with Gasteiger partial charge in [0.05, 0.1) is 12.2 Å². The van der Waals surface area contributed by atoms with Gasteiger partial charge >= 0.3 is 0 Å². The largest absolute Gasteiger partial charge is 0.389 e. The van der Waals surface area contributed by atoms with Gasteiger partial charge in [0.15, 0.2) is 0 Å². The summed E-state index contributed by atoms with van der Waals surface area (Å²) in [4.78, 5) is 0. The van der Waals surface area contributed by atoms with E-state index in [1.54, 1.807) is 7.05 Å². The highest BCUT2D eigenvalue weighted by atomic mass is 16.4. The number of rotatable bonds is 2. The molecule has 0 bridgehead atoms. The number of nitrogens with one attached hydrogen (secondary N) is 2. The van der Waals surface area contributed by atoms with E-state index in [1.807, 2.05) is 0 Å². The van der Waals surface area contributed by atoms with E-state index in [4.69, 9.17) is 5.11 Å². The van der Waals surface area contributed by atoms with Crippen molar-refractivity contribution in [2.45, 2.75) is 24.4 Å². The molecule has 1 unspecified atom stereocenters. The fourth-order valence-corrected chi connectivity index (χ4v) is 1.39. The summed E-state index contributed by atoms with van der Waals surface area (Å²) >= 11 is 0. The lowest BCUT2D eigenvalue weighted by Crippen LogP contribution is -2.62. The van der Waals surface area contributed by atoms with E-state index in [0.29, 0.717) is 13.1 Å². The summed E-state index contributed by atoms with van der Waals surface area (Å²) in [7, 11) is 1.77. The van der Waals surface area contributed by atoms with Crippen molar-refractivity contribution in [3.8, 4) is 0 Å². The number of hydrogen-bond acceptors (Lipinski definition) is 5. The third-order valence-corrected chi connectivity index (χ3v) is 2.17. The van der Waals surface area contributed by atoms with Crippen molar-refractivity contribution in [3.63, 3.8) is 0 Å². The smallest absolute Gasteiger partial charge is 0.109 e. The van der Waals surface area contributed by atoms with Crippen molar-refractivity contribution in [2.24, 2.45) is 0 Å². The van der Waals surface area contributed by atoms with Crippen molar-refractivity contribution < 1.29 is 15.3 Å². The van der Waals surface area contributed by atoms with E-state index >= 15 is 0 Å². The van der Waals surface area contributed by atoms with Gasteiger partial charge in [0, 0.05) is 19.1 Å². The van der Waals surface area contributed by atoms with Crippen molar-refractivity contribution >= 4 is 0 Å². The highest BCUT2D eigenvalue weighted by molar-refractivity contribution is 4.92. The predicted octanol–water partition coefficient (Wildman–Crippen LogP) is -2.74. The number of hydrogen-bond donors (Lipinski definition) is 5. The molecule has 72 valence electrons. The van der Waals surface area contributed by atoms with E-state index in [0.717, 1.165) is 0 Å². The van der Waals surface area contributed by atoms with Gasteiger partial charge < -0.3 is 26.0 Å². The second-order valence-corrected chi connectivity index (χ2v) is 3.12. The lowest BCUT2D eigenvalue weighted by atomic mass is 9.96. The van der Waals surface area contributed by atoms with Crippen LogP contribution in [0.15, 0.2) is 0 Å². The van der Waals surface area contributed by atoms with Crippen LogP contribution < -0.4 is 10.6 Å². The summed E-state index contributed by atoms with van der Waals surface area (Å²) in [5.74, 6) is 0. The number of piperidine rings is 1. The molecule has 12 heavy (non-hydrogen) atoms. The Morgan fingerprint density at radius 2 is 2.00 bits per heavy atom. The Morgan fingerprint density at radius 1 is 1.33 bits per heavy atom. The Morgan fingerprint density at radius 3 is 2.58 bits per heavy atom. The van der Waals surface area contributed by atoms with Gasteiger partial charge in [-0.3, -0.25) is 0 Å². The molecule has 0 aromatic heterocycles. The number of likely N-dealkylation sites (N-methyl/N-ethyl adjacent to an activating group) is 1. The molecule has 0 aromatic rings. The van der Waals surface area contributed by atoms with Crippen LogP contribution in [0.1, 0.15) is 0 Å². The highest BCUT2D eigenvalue weighted by Gasteiger charge is 2.35. The van der Waals surface area contributed by atoms with Crippen LogP contribution in [-0.2, 0) is 0 Å². The summed E-state index contributed by atoms with van der Waals surface area (Å²) in [5.41, 5.74) is 0. The van der Waals surface area contributed by atoms with Gasteiger partial charge in [-0.05, 0) is 7.05 Å². The van der Waals surface area contributed by atoms with Gasteiger partial charge in [0.1, 0.15) is 6.10 Å². The van der Waals surface area contributed by atoms with Crippen LogP contribution in [0.25, 0.3) is 0 Å². The van der Waals surface area contributed by atoms with E-state index < -0.39 is 18.3 Å². The minimum Gasteiger partial charge on any atom is -0.389 e. The molecule has 5 nitrogen and oxygen atoms in total. The van der Waals surface area contributed by atoms with Gasteiger partial charge in [-0.2, -0.15) is 0 Å². The first-order valence-corrected chi connectivity index (χ1v) is 4.09. The number of β-amino-alcohol motifs (C(OH)–C–C–N with tert-alkyl or cyclic N) is 1. The molecule has 1 aliphatic heterocycles. The zero-order chi connectivity index (χ0) is 9.14. The van der Waals surface area contributed by atoms with E-state index in [-0.39, 0.29) is 6.04 Å². The van der Waals surface area contributed by atoms with Crippen LogP contribution in [-0.4, -0.2) is 59.8 Å². The first kappa shape index (κ1) is 9.88. The van der Waals surface area contributed by atoms with Gasteiger partial charge in [0.2, 0.25) is 0 Å². The maximum atomic E-state index is 9.43. The minimum absolute atomic E-state index is 0.187. The normalized spacial score (nSPS) is 43.0. The van der Waals surface area contributed by atoms with Crippen LogP contribution >= 0.6 is 0 Å². The maximum Gasteiger partial charge on any atom is 0.109 e. The summed E-state index contributed by atoms with van der Waals surface area (Å²) in [6.45, 7) is 0.898. The molecule has 1 heterocycles. The minimum atomic E-state index is -1.04. The summed E-state index contributed by atoms with van der Waals surface area (Å²) in [5, 5.41) is 33.7. The van der Waals surface area contributed by atoms with Crippen molar-refractivity contribution in [1.82, 2.24) is 10.6 Å². The fourth-order valence-electron chi connectivity index (χ4n) is 1.39. The van der Waals surface area contributed by atoms with Gasteiger partial charge in [-0.15, -0.1) is 0 Å². The first-order chi connectivity index (χ1) is 5.66. The molecule has 1 aliphatic rings. The Hall–Kier alpha value is -0.200.